The molecule has 0 saturated heterocycles. The van der Waals surface area contributed by atoms with Gasteiger partial charge in [0.05, 0.1) is 11.5 Å². The van der Waals surface area contributed by atoms with Gasteiger partial charge in [-0.05, 0) is 30.5 Å². The Balaban J connectivity index is 2.45. The maximum atomic E-state index is 11.9. The van der Waals surface area contributed by atoms with Crippen LogP contribution >= 0.6 is 0 Å². The number of nitrogens with one attached hydrogen (secondary N) is 1. The van der Waals surface area contributed by atoms with Gasteiger partial charge < -0.3 is 5.11 Å². The van der Waals surface area contributed by atoms with E-state index in [1.54, 1.807) is 0 Å². The number of sulfonamides is 1. The smallest absolute Gasteiger partial charge is 0.389 e. The summed E-state index contributed by atoms with van der Waals surface area (Å²) in [6.07, 6.45) is -5.12. The molecule has 0 aliphatic heterocycles. The molecule has 20 heavy (non-hydrogen) atoms. The highest BCUT2D eigenvalue weighted by Crippen LogP contribution is 2.22. The summed E-state index contributed by atoms with van der Waals surface area (Å²) in [7, 11) is -3.71. The van der Waals surface area contributed by atoms with Gasteiger partial charge in [-0.3, -0.25) is 0 Å². The average molecular weight is 311 g/mol. The normalized spacial score (nSPS) is 12.6. The third kappa shape index (κ3) is 5.89. The molecular weight excluding hydrogens is 295 g/mol. The van der Waals surface area contributed by atoms with Gasteiger partial charge in [-0.15, -0.1) is 0 Å². The van der Waals surface area contributed by atoms with Crippen LogP contribution in [0, 0.1) is 0 Å². The molecule has 0 radical (unpaired) electrons. The molecule has 0 amide bonds. The minimum atomic E-state index is -4.21. The van der Waals surface area contributed by atoms with Gasteiger partial charge in [0.15, 0.2) is 0 Å². The lowest BCUT2D eigenvalue weighted by Crippen LogP contribution is -2.25. The number of aliphatic hydroxyl groups excluding tert-OH is 1. The van der Waals surface area contributed by atoms with Crippen molar-refractivity contribution >= 4 is 10.0 Å². The van der Waals surface area contributed by atoms with Crippen molar-refractivity contribution in [3.63, 3.8) is 0 Å². The van der Waals surface area contributed by atoms with Crippen molar-refractivity contribution in [2.45, 2.75) is 36.9 Å². The lowest BCUT2D eigenvalue weighted by atomic mass is 10.2. The van der Waals surface area contributed by atoms with E-state index < -0.39 is 22.6 Å². The van der Waals surface area contributed by atoms with E-state index >= 15 is 0 Å². The Morgan fingerprint density at radius 2 is 1.70 bits per heavy atom. The van der Waals surface area contributed by atoms with Crippen molar-refractivity contribution in [2.75, 3.05) is 6.54 Å². The third-order valence-corrected chi connectivity index (χ3v) is 4.07. The Hall–Kier alpha value is -1.12. The van der Waals surface area contributed by atoms with Gasteiger partial charge in [0.1, 0.15) is 0 Å². The Bertz CT molecular complexity index is 512. The van der Waals surface area contributed by atoms with Gasteiger partial charge in [-0.1, -0.05) is 12.1 Å². The summed E-state index contributed by atoms with van der Waals surface area (Å²) in [5.41, 5.74) is 0.578. The van der Waals surface area contributed by atoms with Crippen molar-refractivity contribution in [1.29, 1.82) is 0 Å². The molecule has 2 N–H and O–H groups in total. The number of alkyl halides is 3. The van der Waals surface area contributed by atoms with Crippen LogP contribution in [0.1, 0.15) is 24.8 Å². The molecule has 1 rings (SSSR count). The Kier molecular flexibility index (Phi) is 5.97. The first-order valence-corrected chi connectivity index (χ1v) is 7.49. The van der Waals surface area contributed by atoms with Gasteiger partial charge >= 0.3 is 6.18 Å². The van der Waals surface area contributed by atoms with E-state index in [4.69, 9.17) is 5.11 Å². The lowest BCUT2D eigenvalue weighted by Gasteiger charge is -2.08. The van der Waals surface area contributed by atoms with Crippen LogP contribution in [0.5, 0.6) is 0 Å². The standard InChI is InChI=1S/C12H16F3NO3S/c13-12(14,15)7-1-2-8-16-20(18,19)11-5-3-10(9-17)4-6-11/h3-6,16-17H,1-2,7-9H2. The van der Waals surface area contributed by atoms with Gasteiger partial charge in [-0.25, -0.2) is 13.1 Å². The molecule has 0 fully saturated rings. The first-order chi connectivity index (χ1) is 9.24. The highest BCUT2D eigenvalue weighted by molar-refractivity contribution is 7.89. The zero-order valence-corrected chi connectivity index (χ0v) is 11.5. The Morgan fingerprint density at radius 3 is 2.20 bits per heavy atom. The number of unbranched alkanes of at least 4 members (excludes halogenated alkanes) is 1. The number of hydrogen-bond donors (Lipinski definition) is 2. The van der Waals surface area contributed by atoms with Crippen LogP contribution in [0.3, 0.4) is 0 Å². The maximum absolute atomic E-state index is 11.9. The second-order valence-corrected chi connectivity index (χ2v) is 6.04. The van der Waals surface area contributed by atoms with Crippen molar-refractivity contribution in [1.82, 2.24) is 4.72 Å². The summed E-state index contributed by atoms with van der Waals surface area (Å²) in [6, 6.07) is 5.61. The predicted octanol–water partition coefficient (Wildman–Crippen LogP) is 2.19. The first kappa shape index (κ1) is 16.9. The molecule has 0 aliphatic rings. The van der Waals surface area contributed by atoms with Crippen molar-refractivity contribution in [3.8, 4) is 0 Å². The summed E-state index contributed by atoms with van der Waals surface area (Å²) >= 11 is 0. The van der Waals surface area contributed by atoms with Crippen molar-refractivity contribution in [2.24, 2.45) is 0 Å². The van der Waals surface area contributed by atoms with Crippen LogP contribution in [0.2, 0.25) is 0 Å². The molecule has 0 bridgehead atoms. The van der Waals surface area contributed by atoms with Gasteiger partial charge in [0, 0.05) is 13.0 Å². The van der Waals surface area contributed by atoms with Crippen LogP contribution < -0.4 is 4.72 Å². The van der Waals surface area contributed by atoms with E-state index in [2.05, 4.69) is 4.72 Å². The van der Waals surface area contributed by atoms with Crippen molar-refractivity contribution in [3.05, 3.63) is 29.8 Å². The maximum Gasteiger partial charge on any atom is 0.389 e. The third-order valence-electron chi connectivity index (χ3n) is 2.60. The fourth-order valence-electron chi connectivity index (χ4n) is 1.51. The van der Waals surface area contributed by atoms with Crippen LogP contribution in [0.4, 0.5) is 13.2 Å². The molecule has 0 aliphatic carbocycles. The largest absolute Gasteiger partial charge is 0.392 e. The SMILES string of the molecule is O=S(=O)(NCCCCC(F)(F)F)c1ccc(CO)cc1. The van der Waals surface area contributed by atoms with Gasteiger partial charge in [0.25, 0.3) is 0 Å². The number of aliphatic hydroxyl groups is 1. The van der Waals surface area contributed by atoms with Crippen LogP contribution in [0.25, 0.3) is 0 Å². The van der Waals surface area contributed by atoms with E-state index in [-0.39, 0.29) is 30.9 Å². The fraction of sp³-hybridized carbons (Fsp3) is 0.500. The van der Waals surface area contributed by atoms with E-state index in [1.165, 1.54) is 24.3 Å². The predicted molar refractivity (Wildman–Crippen MR) is 67.5 cm³/mol. The number of halogens is 3. The van der Waals surface area contributed by atoms with E-state index in [1.807, 2.05) is 0 Å². The Labute approximate surface area is 115 Å². The molecule has 4 nitrogen and oxygen atoms in total. The van der Waals surface area contributed by atoms with Gasteiger partial charge in [0.2, 0.25) is 10.0 Å². The minimum absolute atomic E-state index is 0.0190. The summed E-state index contributed by atoms with van der Waals surface area (Å²) < 4.78 is 61.5. The van der Waals surface area contributed by atoms with Crippen LogP contribution in [0.15, 0.2) is 29.2 Å². The number of benzene rings is 1. The molecule has 0 saturated carbocycles. The highest BCUT2D eigenvalue weighted by atomic mass is 32.2. The molecule has 0 spiro atoms. The van der Waals surface area contributed by atoms with E-state index in [9.17, 15) is 21.6 Å². The molecule has 8 heteroatoms. The fourth-order valence-corrected chi connectivity index (χ4v) is 2.59. The zero-order chi connectivity index (χ0) is 15.2. The summed E-state index contributed by atoms with van der Waals surface area (Å²) in [4.78, 5) is 0.0190. The summed E-state index contributed by atoms with van der Waals surface area (Å²) in [5.74, 6) is 0. The summed E-state index contributed by atoms with van der Waals surface area (Å²) in [6.45, 7) is -0.231. The van der Waals surface area contributed by atoms with Gasteiger partial charge in [-0.2, -0.15) is 13.2 Å². The Morgan fingerprint density at radius 1 is 1.10 bits per heavy atom. The molecule has 0 atom stereocenters. The minimum Gasteiger partial charge on any atom is -0.392 e. The highest BCUT2D eigenvalue weighted by Gasteiger charge is 2.25. The first-order valence-electron chi connectivity index (χ1n) is 6.01. The molecule has 0 unspecified atom stereocenters. The topological polar surface area (TPSA) is 66.4 Å². The van der Waals surface area contributed by atoms with Crippen LogP contribution in [-0.2, 0) is 16.6 Å². The second-order valence-electron chi connectivity index (χ2n) is 4.27. The molecule has 1 aromatic rings. The molecule has 0 heterocycles. The second kappa shape index (κ2) is 7.05. The van der Waals surface area contributed by atoms with E-state index in [0.29, 0.717) is 5.56 Å². The molecule has 0 aromatic heterocycles. The molecule has 114 valence electrons. The average Bonchev–Trinajstić information content (AvgIpc) is 2.37. The summed E-state index contributed by atoms with van der Waals surface area (Å²) in [5, 5.41) is 8.84. The van der Waals surface area contributed by atoms with E-state index in [0.717, 1.165) is 0 Å². The quantitative estimate of drug-likeness (QED) is 0.759. The number of rotatable bonds is 7. The zero-order valence-electron chi connectivity index (χ0n) is 10.7. The number of hydrogen-bond acceptors (Lipinski definition) is 3. The monoisotopic (exact) mass is 311 g/mol. The molecular formula is C12H16F3NO3S. The van der Waals surface area contributed by atoms with Crippen LogP contribution in [-0.4, -0.2) is 26.2 Å². The lowest BCUT2D eigenvalue weighted by molar-refractivity contribution is -0.135. The van der Waals surface area contributed by atoms with Crippen molar-refractivity contribution < 1.29 is 26.7 Å². The molecule has 1 aromatic carbocycles.